The monoisotopic (exact) mass is 624 g/mol. The van der Waals surface area contributed by atoms with Gasteiger partial charge in [-0.1, -0.05) is 75.2 Å². The Balaban J connectivity index is 1.32. The van der Waals surface area contributed by atoms with Crippen LogP contribution in [-0.4, -0.2) is 59.9 Å². The number of carbonyl (C=O) groups is 2. The number of amides is 1. The normalized spacial score (nSPS) is 11.7. The molecule has 0 aliphatic heterocycles. The van der Waals surface area contributed by atoms with Crippen molar-refractivity contribution in [2.75, 3.05) is 6.61 Å². The number of nitrogens with one attached hydrogen (secondary N) is 2. The van der Waals surface area contributed by atoms with Crippen molar-refractivity contribution in [2.24, 2.45) is 0 Å². The molecule has 2 N–H and O–H groups in total. The van der Waals surface area contributed by atoms with E-state index in [0.29, 0.717) is 31.0 Å². The molecule has 1 atom stereocenters. The molecule has 0 saturated carbocycles. The summed E-state index contributed by atoms with van der Waals surface area (Å²) in [6.45, 7) is 4.78. The molecular formula is C34H37FN8O3. The summed E-state index contributed by atoms with van der Waals surface area (Å²) in [5, 5.41) is 21.9. The summed E-state index contributed by atoms with van der Waals surface area (Å²) in [6, 6.07) is 19.0. The van der Waals surface area contributed by atoms with Crippen LogP contribution < -0.4 is 5.32 Å². The van der Waals surface area contributed by atoms with Crippen LogP contribution in [-0.2, 0) is 28.9 Å². The van der Waals surface area contributed by atoms with Gasteiger partial charge in [0.15, 0.2) is 0 Å². The van der Waals surface area contributed by atoms with E-state index in [0.717, 1.165) is 47.3 Å². The molecule has 0 aliphatic rings. The number of carbonyl (C=O) groups excluding carboxylic acids is 2. The number of halogens is 1. The third-order valence-corrected chi connectivity index (χ3v) is 7.48. The van der Waals surface area contributed by atoms with Crippen molar-refractivity contribution in [1.82, 2.24) is 40.7 Å². The van der Waals surface area contributed by atoms with Crippen molar-refractivity contribution in [3.8, 4) is 22.6 Å². The number of tetrazole rings is 1. The Kier molecular flexibility index (Phi) is 10.9. The summed E-state index contributed by atoms with van der Waals surface area (Å²) in [7, 11) is 0. The summed E-state index contributed by atoms with van der Waals surface area (Å²) in [4.78, 5) is 30.7. The predicted octanol–water partition coefficient (Wildman–Crippen LogP) is 5.34. The van der Waals surface area contributed by atoms with Gasteiger partial charge in [0.1, 0.15) is 11.5 Å². The van der Waals surface area contributed by atoms with Gasteiger partial charge in [-0.3, -0.25) is 19.3 Å². The van der Waals surface area contributed by atoms with Gasteiger partial charge in [0.2, 0.25) is 5.82 Å². The fraction of sp³-hybridized carbons (Fsp3) is 0.324. The van der Waals surface area contributed by atoms with Crippen molar-refractivity contribution < 1.29 is 18.7 Å². The number of ether oxygens (including phenoxy) is 1. The number of benzene rings is 2. The lowest BCUT2D eigenvalue weighted by Gasteiger charge is -2.18. The van der Waals surface area contributed by atoms with Crippen LogP contribution in [0.25, 0.3) is 22.6 Å². The van der Waals surface area contributed by atoms with Gasteiger partial charge in [0, 0.05) is 29.1 Å². The quantitative estimate of drug-likeness (QED) is 0.118. The molecule has 0 saturated heterocycles. The van der Waals surface area contributed by atoms with E-state index in [1.54, 1.807) is 35.1 Å². The molecule has 0 bridgehead atoms. The lowest BCUT2D eigenvalue weighted by molar-refractivity contribution is -0.144. The number of pyridine rings is 1. The molecule has 0 radical (unpaired) electrons. The average molecular weight is 625 g/mol. The van der Waals surface area contributed by atoms with Crippen LogP contribution in [0.15, 0.2) is 72.9 Å². The standard InChI is InChI=1S/C34H37FN8O3/c1-3-5-17-46-32(44)19-25(18-24-11-6-9-14-29(24)35)37-34(45)31-20-26(10-4-2)43(40-31)22-23-15-16-30(36-21-23)27-12-7-8-13-28(27)33-38-41-42-39-33/h6-9,11-16,20-21,25H,3-5,10,17-19,22H2,1-2H3,(H,37,45)(H,38,39,41,42)/t25-/m1/s1. The van der Waals surface area contributed by atoms with Crippen LogP contribution in [0.2, 0.25) is 0 Å². The third-order valence-electron chi connectivity index (χ3n) is 7.48. The van der Waals surface area contributed by atoms with Gasteiger partial charge in [0.05, 0.1) is 25.3 Å². The maximum atomic E-state index is 14.5. The highest BCUT2D eigenvalue weighted by Gasteiger charge is 2.23. The van der Waals surface area contributed by atoms with Crippen molar-refractivity contribution in [1.29, 1.82) is 0 Å². The van der Waals surface area contributed by atoms with E-state index in [9.17, 15) is 14.0 Å². The van der Waals surface area contributed by atoms with Crippen molar-refractivity contribution in [2.45, 2.75) is 65.0 Å². The second-order valence-electron chi connectivity index (χ2n) is 11.0. The summed E-state index contributed by atoms with van der Waals surface area (Å²) < 4.78 is 21.6. The Morgan fingerprint density at radius 3 is 2.54 bits per heavy atom. The molecule has 0 spiro atoms. The Hall–Kier alpha value is -5.26. The van der Waals surface area contributed by atoms with Gasteiger partial charge in [0.25, 0.3) is 5.91 Å². The minimum absolute atomic E-state index is 0.0832. The van der Waals surface area contributed by atoms with E-state index in [-0.39, 0.29) is 18.5 Å². The van der Waals surface area contributed by atoms with E-state index in [4.69, 9.17) is 9.72 Å². The summed E-state index contributed by atoms with van der Waals surface area (Å²) in [5.74, 6) is -0.792. The highest BCUT2D eigenvalue weighted by atomic mass is 19.1. The smallest absolute Gasteiger partial charge is 0.307 e. The zero-order chi connectivity index (χ0) is 32.3. The van der Waals surface area contributed by atoms with Crippen molar-refractivity contribution in [3.63, 3.8) is 0 Å². The maximum absolute atomic E-state index is 14.5. The third kappa shape index (κ3) is 8.26. The SMILES string of the molecule is CCCCOC(=O)C[C@@H](Cc1ccccc1F)NC(=O)c1cc(CCC)n(Cc2ccc(-c3ccccc3-c3nn[nH]n3)nc2)n1. The number of aromatic nitrogens is 7. The molecule has 0 fully saturated rings. The molecule has 0 aliphatic carbocycles. The first-order valence-electron chi connectivity index (χ1n) is 15.5. The zero-order valence-corrected chi connectivity index (χ0v) is 25.9. The van der Waals surface area contributed by atoms with Crippen LogP contribution in [0.1, 0.15) is 66.8 Å². The average Bonchev–Trinajstić information content (AvgIpc) is 3.74. The molecule has 238 valence electrons. The predicted molar refractivity (Wildman–Crippen MR) is 170 cm³/mol. The van der Waals surface area contributed by atoms with E-state index in [2.05, 4.69) is 38.0 Å². The lowest BCUT2D eigenvalue weighted by atomic mass is 10.0. The lowest BCUT2D eigenvalue weighted by Crippen LogP contribution is -2.39. The fourth-order valence-corrected chi connectivity index (χ4v) is 5.14. The largest absolute Gasteiger partial charge is 0.466 e. The van der Waals surface area contributed by atoms with Crippen molar-refractivity contribution in [3.05, 3.63) is 101 Å². The second-order valence-corrected chi connectivity index (χ2v) is 11.0. The molecule has 12 heteroatoms. The molecule has 5 rings (SSSR count). The first-order valence-corrected chi connectivity index (χ1v) is 15.5. The number of esters is 1. The zero-order valence-electron chi connectivity index (χ0n) is 25.9. The van der Waals surface area contributed by atoms with Gasteiger partial charge >= 0.3 is 5.97 Å². The Bertz CT molecular complexity index is 1740. The van der Waals surface area contributed by atoms with Gasteiger partial charge < -0.3 is 10.1 Å². The minimum Gasteiger partial charge on any atom is -0.466 e. The maximum Gasteiger partial charge on any atom is 0.307 e. The van der Waals surface area contributed by atoms with E-state index < -0.39 is 23.7 Å². The molecule has 11 nitrogen and oxygen atoms in total. The summed E-state index contributed by atoms with van der Waals surface area (Å²) in [6.07, 6.45) is 5.05. The second kappa shape index (κ2) is 15.6. The highest BCUT2D eigenvalue weighted by Crippen LogP contribution is 2.28. The van der Waals surface area contributed by atoms with Crippen molar-refractivity contribution >= 4 is 11.9 Å². The van der Waals surface area contributed by atoms with Crippen LogP contribution in [0.3, 0.4) is 0 Å². The van der Waals surface area contributed by atoms with Gasteiger partial charge in [-0.25, -0.2) is 4.39 Å². The number of rotatable bonds is 15. The number of hydrogen-bond donors (Lipinski definition) is 2. The first kappa shape index (κ1) is 32.1. The molecule has 3 heterocycles. The Morgan fingerprint density at radius 1 is 1.02 bits per heavy atom. The molecule has 5 aromatic rings. The van der Waals surface area contributed by atoms with E-state index >= 15 is 0 Å². The Labute approximate surface area is 266 Å². The number of hydrogen-bond acceptors (Lipinski definition) is 8. The van der Waals surface area contributed by atoms with Gasteiger partial charge in [-0.05, 0) is 53.8 Å². The van der Waals surface area contributed by atoms with E-state index in [1.807, 2.05) is 43.3 Å². The summed E-state index contributed by atoms with van der Waals surface area (Å²) >= 11 is 0. The van der Waals surface area contributed by atoms with Gasteiger partial charge in [-0.15, -0.1) is 10.2 Å². The molecule has 3 aromatic heterocycles. The number of H-pyrrole nitrogens is 1. The minimum atomic E-state index is -0.676. The molecule has 2 aromatic carbocycles. The summed E-state index contributed by atoms with van der Waals surface area (Å²) in [5.41, 5.74) is 4.87. The van der Waals surface area contributed by atoms with E-state index in [1.165, 1.54) is 6.07 Å². The molecular weight excluding hydrogens is 587 g/mol. The highest BCUT2D eigenvalue weighted by molar-refractivity contribution is 5.93. The number of aromatic amines is 1. The first-order chi connectivity index (χ1) is 22.4. The number of nitrogens with zero attached hydrogens (tertiary/aromatic N) is 6. The molecule has 0 unspecified atom stereocenters. The van der Waals surface area contributed by atoms with Gasteiger partial charge in [-0.2, -0.15) is 10.3 Å². The van der Waals surface area contributed by atoms with Crippen LogP contribution in [0, 0.1) is 5.82 Å². The fourth-order valence-electron chi connectivity index (χ4n) is 5.14. The Morgan fingerprint density at radius 2 is 1.83 bits per heavy atom. The molecule has 46 heavy (non-hydrogen) atoms. The number of unbranched alkanes of at least 4 members (excludes halogenated alkanes) is 1. The van der Waals surface area contributed by atoms with Crippen LogP contribution in [0.4, 0.5) is 4.39 Å². The number of aryl methyl sites for hydroxylation is 1. The van der Waals surface area contributed by atoms with Crippen LogP contribution >= 0.6 is 0 Å². The molecule has 1 amide bonds. The van der Waals surface area contributed by atoms with Crippen LogP contribution in [0.5, 0.6) is 0 Å². The topological polar surface area (TPSA) is 141 Å².